The van der Waals surface area contributed by atoms with Gasteiger partial charge in [-0.05, 0) is 32.8 Å². The number of pyridine rings is 1. The zero-order valence-corrected chi connectivity index (χ0v) is 19.4. The molecule has 0 radical (unpaired) electrons. The fourth-order valence-corrected chi connectivity index (χ4v) is 5.26. The second-order valence-corrected chi connectivity index (χ2v) is 8.77. The average Bonchev–Trinajstić information content (AvgIpc) is 3.40. The Hall–Kier alpha value is -3.59. The fourth-order valence-electron chi connectivity index (χ4n) is 5.26. The number of nitrogens with two attached hydrogens (primary N) is 1. The lowest BCUT2D eigenvalue weighted by Gasteiger charge is -2.36. The number of ether oxygens (including phenoxy) is 3. The van der Waals surface area contributed by atoms with E-state index >= 15 is 0 Å². The van der Waals surface area contributed by atoms with Crippen molar-refractivity contribution in [3.05, 3.63) is 69.0 Å². The van der Waals surface area contributed by atoms with Crippen LogP contribution in [0, 0.1) is 6.92 Å². The van der Waals surface area contributed by atoms with Gasteiger partial charge in [0.25, 0.3) is 5.56 Å². The highest BCUT2D eigenvalue weighted by Gasteiger charge is 2.62. The van der Waals surface area contributed by atoms with Crippen molar-refractivity contribution >= 4 is 17.6 Å². The normalized spacial score (nSPS) is 23.2. The molecule has 178 valence electrons. The van der Waals surface area contributed by atoms with Gasteiger partial charge in [0.2, 0.25) is 11.8 Å². The molecule has 2 N–H and O–H groups in total. The molecular weight excluding hydrogens is 438 g/mol. The molecule has 0 bridgehead atoms. The van der Waals surface area contributed by atoms with E-state index in [1.165, 1.54) is 4.57 Å². The molecule has 3 aliphatic heterocycles. The molecule has 3 aliphatic rings. The van der Waals surface area contributed by atoms with Gasteiger partial charge in [-0.2, -0.15) is 0 Å². The second kappa shape index (κ2) is 8.02. The summed E-state index contributed by atoms with van der Waals surface area (Å²) in [7, 11) is 1.62. The Balaban J connectivity index is 1.84. The number of esters is 1. The van der Waals surface area contributed by atoms with E-state index in [-0.39, 0.29) is 35.5 Å². The Morgan fingerprint density at radius 2 is 2.06 bits per heavy atom. The number of nitrogens with zero attached hydrogens (tertiary/aromatic N) is 2. The van der Waals surface area contributed by atoms with Crippen molar-refractivity contribution in [1.29, 1.82) is 0 Å². The molecular formula is C25H27N3O6. The van der Waals surface area contributed by atoms with Gasteiger partial charge in [0, 0.05) is 36.7 Å². The van der Waals surface area contributed by atoms with Gasteiger partial charge in [-0.3, -0.25) is 9.59 Å². The lowest BCUT2D eigenvalue weighted by molar-refractivity contribution is -0.141. The first-order valence-corrected chi connectivity index (χ1v) is 11.4. The summed E-state index contributed by atoms with van der Waals surface area (Å²) in [6.45, 7) is 4.43. The lowest BCUT2D eigenvalue weighted by atomic mass is 9.68. The van der Waals surface area contributed by atoms with E-state index < -0.39 is 22.9 Å². The van der Waals surface area contributed by atoms with Crippen LogP contribution in [0.15, 0.2) is 46.6 Å². The van der Waals surface area contributed by atoms with Gasteiger partial charge in [-0.1, -0.05) is 18.2 Å². The number of carbonyl (C=O) groups excluding carboxylic acids is 2. The summed E-state index contributed by atoms with van der Waals surface area (Å²) in [5.41, 5.74) is 5.68. The number of hydrogen-bond donors (Lipinski definition) is 1. The van der Waals surface area contributed by atoms with Gasteiger partial charge in [0.15, 0.2) is 0 Å². The Labute approximate surface area is 196 Å². The van der Waals surface area contributed by atoms with Gasteiger partial charge >= 0.3 is 5.97 Å². The van der Waals surface area contributed by atoms with Gasteiger partial charge < -0.3 is 29.4 Å². The van der Waals surface area contributed by atoms with Crippen LogP contribution in [0.4, 0.5) is 5.69 Å². The second-order valence-electron chi connectivity index (χ2n) is 8.77. The minimum Gasteiger partial charge on any atom is -0.462 e. The maximum atomic E-state index is 14.5. The van der Waals surface area contributed by atoms with Crippen LogP contribution in [0.5, 0.6) is 5.75 Å². The Kier molecular flexibility index (Phi) is 5.24. The third-order valence-electron chi connectivity index (χ3n) is 6.90. The Bertz CT molecular complexity index is 1290. The smallest absolute Gasteiger partial charge is 0.341 e. The van der Waals surface area contributed by atoms with E-state index in [0.717, 1.165) is 12.8 Å². The van der Waals surface area contributed by atoms with Crippen LogP contribution in [0.1, 0.15) is 36.6 Å². The van der Waals surface area contributed by atoms with Crippen molar-refractivity contribution in [2.45, 2.75) is 38.2 Å². The molecule has 0 saturated carbocycles. The molecule has 4 heterocycles. The summed E-state index contributed by atoms with van der Waals surface area (Å²) in [6.07, 6.45) is 1.60. The van der Waals surface area contributed by atoms with Crippen LogP contribution in [0.3, 0.4) is 0 Å². The molecule has 2 atom stereocenters. The third kappa shape index (κ3) is 2.93. The van der Waals surface area contributed by atoms with Gasteiger partial charge in [0.1, 0.15) is 16.7 Å². The number of aromatic nitrogens is 1. The molecule has 2 aromatic rings. The lowest BCUT2D eigenvalue weighted by Crippen LogP contribution is -2.52. The van der Waals surface area contributed by atoms with Crippen LogP contribution in [0.2, 0.25) is 0 Å². The molecule has 1 saturated heterocycles. The molecule has 5 rings (SSSR count). The summed E-state index contributed by atoms with van der Waals surface area (Å²) in [5.74, 6) is -1.33. The van der Waals surface area contributed by atoms with E-state index in [4.69, 9.17) is 19.9 Å². The number of carbonyl (C=O) groups is 2. The predicted molar refractivity (Wildman–Crippen MR) is 123 cm³/mol. The summed E-state index contributed by atoms with van der Waals surface area (Å²) in [5, 5.41) is 0. The molecule has 9 heteroatoms. The van der Waals surface area contributed by atoms with E-state index in [2.05, 4.69) is 0 Å². The first kappa shape index (κ1) is 22.2. The molecule has 1 spiro atoms. The number of aryl methyl sites for hydroxylation is 1. The van der Waals surface area contributed by atoms with E-state index in [1.54, 1.807) is 44.0 Å². The number of rotatable bonds is 4. The molecule has 2 unspecified atom stereocenters. The molecule has 9 nitrogen and oxygen atoms in total. The van der Waals surface area contributed by atoms with E-state index in [0.29, 0.717) is 30.1 Å². The maximum absolute atomic E-state index is 14.5. The number of hydrogen-bond acceptors (Lipinski definition) is 7. The average molecular weight is 466 g/mol. The van der Waals surface area contributed by atoms with Crippen LogP contribution in [0.25, 0.3) is 0 Å². The number of para-hydroxylation sites is 1. The van der Waals surface area contributed by atoms with Crippen molar-refractivity contribution in [1.82, 2.24) is 4.57 Å². The van der Waals surface area contributed by atoms with Crippen molar-refractivity contribution in [2.75, 3.05) is 24.7 Å². The van der Waals surface area contributed by atoms with E-state index in [9.17, 15) is 14.4 Å². The minimum absolute atomic E-state index is 0.0603. The molecule has 34 heavy (non-hydrogen) atoms. The summed E-state index contributed by atoms with van der Waals surface area (Å²) in [4.78, 5) is 43.1. The van der Waals surface area contributed by atoms with Gasteiger partial charge in [0.05, 0.1) is 24.8 Å². The van der Waals surface area contributed by atoms with Crippen LogP contribution >= 0.6 is 0 Å². The summed E-state index contributed by atoms with van der Waals surface area (Å²) < 4.78 is 18.4. The van der Waals surface area contributed by atoms with Crippen molar-refractivity contribution in [3.63, 3.8) is 0 Å². The molecule has 1 aromatic carbocycles. The fraction of sp³-hybridized carbons (Fsp3) is 0.400. The van der Waals surface area contributed by atoms with Crippen molar-refractivity contribution in [2.24, 2.45) is 12.8 Å². The summed E-state index contributed by atoms with van der Waals surface area (Å²) >= 11 is 0. The highest BCUT2D eigenvalue weighted by molar-refractivity contribution is 6.18. The van der Waals surface area contributed by atoms with Crippen LogP contribution in [-0.2, 0) is 31.5 Å². The van der Waals surface area contributed by atoms with Gasteiger partial charge in [-0.25, -0.2) is 4.79 Å². The Morgan fingerprint density at radius 3 is 2.76 bits per heavy atom. The largest absolute Gasteiger partial charge is 0.462 e. The first-order chi connectivity index (χ1) is 16.3. The zero-order valence-electron chi connectivity index (χ0n) is 19.4. The maximum Gasteiger partial charge on any atom is 0.341 e. The van der Waals surface area contributed by atoms with Gasteiger partial charge in [-0.15, -0.1) is 0 Å². The zero-order chi connectivity index (χ0) is 24.2. The predicted octanol–water partition coefficient (Wildman–Crippen LogP) is 1.63. The number of anilines is 1. The minimum atomic E-state index is -1.79. The molecule has 0 aliphatic carbocycles. The van der Waals surface area contributed by atoms with Crippen LogP contribution < -0.4 is 20.9 Å². The number of fused-ring (bicyclic) bond motifs is 4. The molecule has 1 aromatic heterocycles. The quantitative estimate of drug-likeness (QED) is 0.683. The topological polar surface area (TPSA) is 113 Å². The molecule has 1 amide bonds. The first-order valence-electron chi connectivity index (χ1n) is 11.4. The highest BCUT2D eigenvalue weighted by Crippen LogP contribution is 2.54. The Morgan fingerprint density at radius 1 is 1.29 bits per heavy atom. The van der Waals surface area contributed by atoms with Crippen molar-refractivity contribution < 1.29 is 23.8 Å². The third-order valence-corrected chi connectivity index (χ3v) is 6.90. The van der Waals surface area contributed by atoms with E-state index in [1.807, 2.05) is 12.1 Å². The highest BCUT2D eigenvalue weighted by atomic mass is 16.5. The summed E-state index contributed by atoms with van der Waals surface area (Å²) in [6, 6.07) is 8.81. The van der Waals surface area contributed by atoms with Crippen LogP contribution in [-0.4, -0.2) is 42.3 Å². The number of benzene rings is 1. The monoisotopic (exact) mass is 465 g/mol. The number of amides is 1. The van der Waals surface area contributed by atoms with Crippen molar-refractivity contribution in [3.8, 4) is 5.75 Å². The SMILES string of the molecule is CCOC(=O)C1=C(N)Oc2cc(C)n(C)c(=O)c2C12C(=O)N(CC1CCCO1)c1ccccc12. The standard InChI is InChI=1S/C25H27N3O6/c1-4-32-23(30)20-21(26)34-18-12-14(2)27(3)22(29)19(18)25(20)16-9-5-6-10-17(16)28(24(25)31)13-15-8-7-11-33-15/h5-6,9-10,12,15H,4,7-8,11,13,26H2,1-3H3. The molecule has 1 fully saturated rings.